The van der Waals surface area contributed by atoms with Crippen molar-refractivity contribution in [3.8, 4) is 0 Å². The normalized spacial score (nSPS) is 12.7. The fourth-order valence-corrected chi connectivity index (χ4v) is 2.95. The molecule has 2 rings (SSSR count). The molecule has 0 aliphatic heterocycles. The third kappa shape index (κ3) is 2.69. The van der Waals surface area contributed by atoms with E-state index in [4.69, 9.17) is 28.9 Å². The number of hydrogen-bond acceptors (Lipinski definition) is 3. The summed E-state index contributed by atoms with van der Waals surface area (Å²) in [6.07, 6.45) is 0.526. The van der Waals surface area contributed by atoms with Gasteiger partial charge in [0.25, 0.3) is 0 Å². The molecule has 18 heavy (non-hydrogen) atoms. The van der Waals surface area contributed by atoms with E-state index in [0.29, 0.717) is 21.1 Å². The van der Waals surface area contributed by atoms with Gasteiger partial charge in [-0.05, 0) is 40.0 Å². The summed E-state index contributed by atoms with van der Waals surface area (Å²) in [5, 5.41) is 9.03. The highest BCUT2D eigenvalue weighted by Crippen LogP contribution is 2.29. The maximum Gasteiger partial charge on any atom is 0.153 e. The van der Waals surface area contributed by atoms with Gasteiger partial charge in [-0.3, -0.25) is 0 Å². The van der Waals surface area contributed by atoms with Crippen molar-refractivity contribution in [3.63, 3.8) is 0 Å². The first-order chi connectivity index (χ1) is 8.50. The van der Waals surface area contributed by atoms with Crippen LogP contribution in [0.4, 0.5) is 0 Å². The largest absolute Gasteiger partial charge is 0.322 e. The van der Waals surface area contributed by atoms with E-state index in [-0.39, 0.29) is 6.04 Å². The monoisotopic (exact) mass is 348 g/mol. The minimum Gasteiger partial charge on any atom is -0.322 e. The highest BCUT2D eigenvalue weighted by atomic mass is 79.9. The van der Waals surface area contributed by atoms with Crippen molar-refractivity contribution in [2.45, 2.75) is 12.5 Å². The van der Waals surface area contributed by atoms with Crippen LogP contribution in [0.3, 0.4) is 0 Å². The number of halogens is 3. The molecule has 1 unspecified atom stereocenters. The van der Waals surface area contributed by atoms with Gasteiger partial charge < -0.3 is 5.73 Å². The van der Waals surface area contributed by atoms with Crippen LogP contribution >= 0.6 is 39.1 Å². The quantitative estimate of drug-likeness (QED) is 0.926. The Kier molecular flexibility index (Phi) is 4.27. The van der Waals surface area contributed by atoms with Gasteiger partial charge in [-0.2, -0.15) is 0 Å². The number of nitrogens with two attached hydrogens (primary N) is 1. The molecule has 1 atom stereocenters. The Morgan fingerprint density at radius 1 is 1.39 bits per heavy atom. The van der Waals surface area contributed by atoms with Gasteiger partial charge in [0.15, 0.2) is 4.60 Å². The summed E-state index contributed by atoms with van der Waals surface area (Å²) >= 11 is 15.6. The van der Waals surface area contributed by atoms with E-state index in [1.165, 1.54) is 0 Å². The molecule has 0 spiro atoms. The molecule has 1 heterocycles. The van der Waals surface area contributed by atoms with Crippen molar-refractivity contribution in [2.24, 2.45) is 12.8 Å². The smallest absolute Gasteiger partial charge is 0.153 e. The zero-order valence-corrected chi connectivity index (χ0v) is 12.7. The van der Waals surface area contributed by atoms with Crippen molar-refractivity contribution in [2.75, 3.05) is 0 Å². The molecule has 0 radical (unpaired) electrons. The van der Waals surface area contributed by atoms with Gasteiger partial charge in [0.05, 0.1) is 11.7 Å². The number of aryl methyl sites for hydroxylation is 1. The summed E-state index contributed by atoms with van der Waals surface area (Å²) in [6.45, 7) is 0. The average Bonchev–Trinajstić information content (AvgIpc) is 2.64. The fourth-order valence-electron chi connectivity index (χ4n) is 1.78. The van der Waals surface area contributed by atoms with E-state index in [2.05, 4.69) is 26.2 Å². The van der Waals surface area contributed by atoms with Crippen LogP contribution in [0.5, 0.6) is 0 Å². The molecule has 0 fully saturated rings. The van der Waals surface area contributed by atoms with Crippen LogP contribution in [0.1, 0.15) is 17.3 Å². The van der Waals surface area contributed by atoms with E-state index in [1.54, 1.807) is 29.9 Å². The molecular weight excluding hydrogens is 339 g/mol. The van der Waals surface area contributed by atoms with Crippen LogP contribution in [0.2, 0.25) is 10.0 Å². The first kappa shape index (κ1) is 13.8. The van der Waals surface area contributed by atoms with E-state index >= 15 is 0 Å². The van der Waals surface area contributed by atoms with Gasteiger partial charge in [0.2, 0.25) is 0 Å². The first-order valence-electron chi connectivity index (χ1n) is 5.24. The Morgan fingerprint density at radius 3 is 2.50 bits per heavy atom. The van der Waals surface area contributed by atoms with Gasteiger partial charge in [0.1, 0.15) is 0 Å². The fraction of sp³-hybridized carbons (Fsp3) is 0.273. The van der Waals surface area contributed by atoms with Crippen molar-refractivity contribution in [1.82, 2.24) is 15.0 Å². The first-order valence-corrected chi connectivity index (χ1v) is 6.79. The second-order valence-electron chi connectivity index (χ2n) is 3.90. The predicted octanol–water partition coefficient (Wildman–Crippen LogP) is 3.13. The highest BCUT2D eigenvalue weighted by molar-refractivity contribution is 9.10. The molecule has 96 valence electrons. The zero-order valence-electron chi connectivity index (χ0n) is 9.57. The Morgan fingerprint density at radius 2 is 2.00 bits per heavy atom. The minimum absolute atomic E-state index is 0.281. The second kappa shape index (κ2) is 5.57. The molecule has 0 aliphatic rings. The molecule has 4 nitrogen and oxygen atoms in total. The molecular formula is C11H11BrCl2N4. The van der Waals surface area contributed by atoms with Crippen molar-refractivity contribution < 1.29 is 0 Å². The Labute approximate surface area is 123 Å². The Bertz CT molecular complexity index is 530. The standard InChI is InChI=1S/C11H11BrCl2N4/c1-18-10(11(12)16-17-18)9(15)5-6-7(13)3-2-4-8(6)14/h2-4,9H,5,15H2,1H3. The minimum atomic E-state index is -0.281. The molecule has 0 bridgehead atoms. The van der Waals surface area contributed by atoms with E-state index < -0.39 is 0 Å². The summed E-state index contributed by atoms with van der Waals surface area (Å²) < 4.78 is 2.28. The van der Waals surface area contributed by atoms with Crippen LogP contribution in [-0.4, -0.2) is 15.0 Å². The number of benzene rings is 1. The lowest BCUT2D eigenvalue weighted by molar-refractivity contribution is 0.606. The molecule has 0 saturated heterocycles. The SMILES string of the molecule is Cn1nnc(Br)c1C(N)Cc1c(Cl)cccc1Cl. The molecule has 1 aromatic heterocycles. The molecule has 0 amide bonds. The number of nitrogens with zero attached hydrogens (tertiary/aromatic N) is 3. The topological polar surface area (TPSA) is 56.7 Å². The zero-order chi connectivity index (χ0) is 13.3. The highest BCUT2D eigenvalue weighted by Gasteiger charge is 2.19. The van der Waals surface area contributed by atoms with Gasteiger partial charge in [-0.1, -0.05) is 34.5 Å². The molecule has 2 aromatic rings. The van der Waals surface area contributed by atoms with Crippen LogP contribution in [0, 0.1) is 0 Å². The van der Waals surface area contributed by atoms with Crippen LogP contribution in [0.25, 0.3) is 0 Å². The van der Waals surface area contributed by atoms with Gasteiger partial charge in [-0.25, -0.2) is 4.68 Å². The lowest BCUT2D eigenvalue weighted by Gasteiger charge is -2.14. The van der Waals surface area contributed by atoms with E-state index in [0.717, 1.165) is 11.3 Å². The molecule has 7 heteroatoms. The van der Waals surface area contributed by atoms with Crippen molar-refractivity contribution in [3.05, 3.63) is 44.1 Å². The number of rotatable bonds is 3. The van der Waals surface area contributed by atoms with Crippen LogP contribution in [0.15, 0.2) is 22.8 Å². The van der Waals surface area contributed by atoms with Crippen molar-refractivity contribution in [1.29, 1.82) is 0 Å². The van der Waals surface area contributed by atoms with Gasteiger partial charge >= 0.3 is 0 Å². The lowest BCUT2D eigenvalue weighted by atomic mass is 10.0. The molecule has 2 N–H and O–H groups in total. The van der Waals surface area contributed by atoms with E-state index in [1.807, 2.05) is 0 Å². The Hall–Kier alpha value is -0.620. The third-order valence-electron chi connectivity index (χ3n) is 2.66. The second-order valence-corrected chi connectivity index (χ2v) is 5.47. The summed E-state index contributed by atoms with van der Waals surface area (Å²) in [5.41, 5.74) is 7.81. The predicted molar refractivity (Wildman–Crippen MR) is 75.8 cm³/mol. The summed E-state index contributed by atoms with van der Waals surface area (Å²) in [7, 11) is 1.79. The summed E-state index contributed by atoms with van der Waals surface area (Å²) in [6, 6.07) is 5.12. The van der Waals surface area contributed by atoms with Crippen LogP contribution in [-0.2, 0) is 13.5 Å². The van der Waals surface area contributed by atoms with Gasteiger partial charge in [0, 0.05) is 17.1 Å². The number of hydrogen-bond donors (Lipinski definition) is 1. The summed E-state index contributed by atoms with van der Waals surface area (Å²) in [5.74, 6) is 0. The van der Waals surface area contributed by atoms with E-state index in [9.17, 15) is 0 Å². The average molecular weight is 350 g/mol. The molecule has 0 aliphatic carbocycles. The third-order valence-corrected chi connectivity index (χ3v) is 3.94. The maximum absolute atomic E-state index is 6.16. The van der Waals surface area contributed by atoms with Gasteiger partial charge in [-0.15, -0.1) is 5.10 Å². The lowest BCUT2D eigenvalue weighted by Crippen LogP contribution is -2.18. The maximum atomic E-state index is 6.16. The van der Waals surface area contributed by atoms with Crippen LogP contribution < -0.4 is 5.73 Å². The molecule has 1 aromatic carbocycles. The Balaban J connectivity index is 2.30. The number of aromatic nitrogens is 3. The summed E-state index contributed by atoms with van der Waals surface area (Å²) in [4.78, 5) is 0. The van der Waals surface area contributed by atoms with Crippen molar-refractivity contribution >= 4 is 39.1 Å². The molecule has 0 saturated carbocycles.